The number of oxime groups is 1. The third kappa shape index (κ3) is 6.36. The molecule has 0 atom stereocenters. The number of rotatable bonds is 3. The summed E-state index contributed by atoms with van der Waals surface area (Å²) in [7, 11) is 0. The first kappa shape index (κ1) is 23.9. The van der Waals surface area contributed by atoms with Crippen molar-refractivity contribution in [3.8, 4) is 5.75 Å². The van der Waals surface area contributed by atoms with E-state index in [-0.39, 0.29) is 36.3 Å². The highest BCUT2D eigenvalue weighted by molar-refractivity contribution is 6.33. The van der Waals surface area contributed by atoms with Crippen molar-refractivity contribution in [2.24, 2.45) is 5.16 Å². The molecule has 8 heteroatoms. The summed E-state index contributed by atoms with van der Waals surface area (Å²) in [6, 6.07) is 1.45. The molecule has 1 amide bonds. The van der Waals surface area contributed by atoms with Crippen LogP contribution in [0.2, 0.25) is 5.02 Å². The highest BCUT2D eigenvalue weighted by Crippen LogP contribution is 2.33. The summed E-state index contributed by atoms with van der Waals surface area (Å²) in [5, 5.41) is 14.5. The summed E-state index contributed by atoms with van der Waals surface area (Å²) in [4.78, 5) is 32.2. The van der Waals surface area contributed by atoms with Crippen molar-refractivity contribution in [1.29, 1.82) is 0 Å². The van der Waals surface area contributed by atoms with Crippen molar-refractivity contribution in [1.82, 2.24) is 4.90 Å². The molecule has 0 unspecified atom stereocenters. The number of cyclic esters (lactones) is 1. The van der Waals surface area contributed by atoms with E-state index >= 15 is 0 Å². The molecule has 1 fully saturated rings. The average Bonchev–Trinajstić information content (AvgIpc) is 3.30. The van der Waals surface area contributed by atoms with Gasteiger partial charge in [-0.1, -0.05) is 35.0 Å². The van der Waals surface area contributed by atoms with Crippen LogP contribution in [-0.2, 0) is 20.8 Å². The van der Waals surface area contributed by atoms with Crippen LogP contribution in [-0.4, -0.2) is 53.9 Å². The Morgan fingerprint density at radius 2 is 1.94 bits per heavy atom. The lowest BCUT2D eigenvalue weighted by Gasteiger charge is -2.16. The molecule has 0 aromatic heterocycles. The third-order valence-corrected chi connectivity index (χ3v) is 5.85. The first-order chi connectivity index (χ1) is 15.5. The Bertz CT molecular complexity index is 933. The highest BCUT2D eigenvalue weighted by atomic mass is 35.5. The van der Waals surface area contributed by atoms with Crippen molar-refractivity contribution in [2.45, 2.75) is 45.4 Å². The number of benzene rings is 1. The number of hydrogen-bond donors (Lipinski definition) is 1. The fourth-order valence-electron chi connectivity index (χ4n) is 3.76. The molecule has 7 nitrogen and oxygen atoms in total. The van der Waals surface area contributed by atoms with Gasteiger partial charge in [-0.3, -0.25) is 4.79 Å². The fourth-order valence-corrected chi connectivity index (χ4v) is 3.98. The van der Waals surface area contributed by atoms with E-state index in [1.165, 1.54) is 6.07 Å². The Kier molecular flexibility index (Phi) is 8.73. The second-order valence-corrected chi connectivity index (χ2v) is 8.25. The van der Waals surface area contributed by atoms with E-state index in [1.54, 1.807) is 17.9 Å². The number of carbonyl (C=O) groups is 2. The Balaban J connectivity index is 1.88. The van der Waals surface area contributed by atoms with Gasteiger partial charge in [0.15, 0.2) is 6.61 Å². The molecule has 32 heavy (non-hydrogen) atoms. The monoisotopic (exact) mass is 460 g/mol. The predicted molar refractivity (Wildman–Crippen MR) is 123 cm³/mol. The summed E-state index contributed by atoms with van der Waals surface area (Å²) < 4.78 is 5.42. The number of fused-ring (bicyclic) bond motifs is 1. The van der Waals surface area contributed by atoms with Crippen LogP contribution in [0.25, 0.3) is 0 Å². The van der Waals surface area contributed by atoms with Crippen LogP contribution in [0.1, 0.15) is 53.6 Å². The quantitative estimate of drug-likeness (QED) is 0.411. The first-order valence-electron chi connectivity index (χ1n) is 10.9. The van der Waals surface area contributed by atoms with Gasteiger partial charge in [-0.05, 0) is 62.3 Å². The Labute approximate surface area is 193 Å². The molecular weight excluding hydrogens is 432 g/mol. The van der Waals surface area contributed by atoms with Gasteiger partial charge in [-0.2, -0.15) is 0 Å². The van der Waals surface area contributed by atoms with E-state index in [0.29, 0.717) is 28.8 Å². The van der Waals surface area contributed by atoms with Crippen LogP contribution in [0.4, 0.5) is 0 Å². The number of likely N-dealkylation sites (tertiary alicyclic amines) is 1. The molecule has 172 valence electrons. The lowest BCUT2D eigenvalue weighted by atomic mass is 9.96. The molecule has 1 aromatic carbocycles. The molecule has 1 N–H and O–H groups in total. The summed E-state index contributed by atoms with van der Waals surface area (Å²) in [6.07, 6.45) is 12.2. The number of ether oxygens (including phenoxy) is 1. The molecule has 2 aliphatic heterocycles. The summed E-state index contributed by atoms with van der Waals surface area (Å²) in [5.41, 5.74) is 1.77. The maximum atomic E-state index is 12.8. The number of phenolic OH excluding ortho intramolecular Hbond substituents is 1. The summed E-state index contributed by atoms with van der Waals surface area (Å²) in [6.45, 7) is 3.32. The maximum absolute atomic E-state index is 12.8. The average molecular weight is 461 g/mol. The molecular formula is C24H29ClN2O5. The van der Waals surface area contributed by atoms with E-state index in [4.69, 9.17) is 21.2 Å². The Morgan fingerprint density at radius 3 is 2.72 bits per heavy atom. The number of nitrogens with zero attached hydrogens (tertiary/aromatic N) is 2. The van der Waals surface area contributed by atoms with Gasteiger partial charge in [0.25, 0.3) is 5.91 Å². The second-order valence-electron chi connectivity index (χ2n) is 7.88. The predicted octanol–water partition coefficient (Wildman–Crippen LogP) is 4.34. The van der Waals surface area contributed by atoms with E-state index in [1.807, 2.05) is 18.2 Å². The molecule has 1 aromatic rings. The van der Waals surface area contributed by atoms with Gasteiger partial charge in [0, 0.05) is 19.5 Å². The number of halogens is 1. The molecule has 0 saturated carbocycles. The molecule has 0 bridgehead atoms. The van der Waals surface area contributed by atoms with Gasteiger partial charge >= 0.3 is 5.97 Å². The molecule has 1 saturated heterocycles. The minimum absolute atomic E-state index is 0.0729. The third-order valence-electron chi connectivity index (χ3n) is 5.42. The van der Waals surface area contributed by atoms with Gasteiger partial charge in [0.1, 0.15) is 5.75 Å². The minimum Gasteiger partial charge on any atom is -0.506 e. The lowest BCUT2D eigenvalue weighted by Crippen LogP contribution is -2.30. The highest BCUT2D eigenvalue weighted by Gasteiger charge is 2.23. The number of phenols is 1. The topological polar surface area (TPSA) is 88.4 Å². The number of carbonyl (C=O) groups excluding carboxylic acids is 2. The Morgan fingerprint density at radius 1 is 1.22 bits per heavy atom. The molecule has 0 radical (unpaired) electrons. The zero-order valence-corrected chi connectivity index (χ0v) is 19.1. The van der Waals surface area contributed by atoms with Crippen LogP contribution in [0.3, 0.4) is 0 Å². The smallest absolute Gasteiger partial charge is 0.338 e. The number of amides is 1. The number of hydrogen-bond acceptors (Lipinski definition) is 6. The van der Waals surface area contributed by atoms with Crippen molar-refractivity contribution >= 4 is 29.2 Å². The molecule has 2 heterocycles. The van der Waals surface area contributed by atoms with E-state index in [2.05, 4.69) is 5.16 Å². The number of allylic oxidation sites excluding steroid dienone is 3. The van der Waals surface area contributed by atoms with Crippen LogP contribution in [0.15, 0.2) is 35.5 Å². The van der Waals surface area contributed by atoms with Gasteiger partial charge in [-0.25, -0.2) is 4.79 Å². The van der Waals surface area contributed by atoms with Crippen LogP contribution < -0.4 is 0 Å². The van der Waals surface area contributed by atoms with E-state index < -0.39 is 5.97 Å². The Hall–Kier alpha value is -2.80. The zero-order chi connectivity index (χ0) is 22.9. The van der Waals surface area contributed by atoms with E-state index in [0.717, 1.165) is 38.8 Å². The zero-order valence-electron chi connectivity index (χ0n) is 18.3. The maximum Gasteiger partial charge on any atom is 0.338 e. The standard InChI is InChI=1S/C24H29ClN2O5/c1-17-14-20(28)23(25)19-15-18(26-32-16-21(29)27-11-7-8-12-27)10-6-4-2-3-5-9-13-31-24(30)22(17)19/h3,5-6,10,14,28H,2,4,7-9,11-13,15-16H2,1H3/b5-3+,10-6+,26-18+. The van der Waals surface area contributed by atoms with Crippen molar-refractivity contribution in [3.63, 3.8) is 0 Å². The second kappa shape index (κ2) is 11.7. The van der Waals surface area contributed by atoms with Gasteiger partial charge in [0.05, 0.1) is 22.9 Å². The summed E-state index contributed by atoms with van der Waals surface area (Å²) >= 11 is 6.39. The minimum atomic E-state index is -0.502. The number of aromatic hydroxyl groups is 1. The molecule has 0 spiro atoms. The molecule has 0 aliphatic carbocycles. The van der Waals surface area contributed by atoms with E-state index in [9.17, 15) is 14.7 Å². The molecule has 3 rings (SSSR count). The normalized spacial score (nSPS) is 20.9. The van der Waals surface area contributed by atoms with Crippen molar-refractivity contribution in [2.75, 3.05) is 26.3 Å². The fraction of sp³-hybridized carbons (Fsp3) is 0.458. The van der Waals surface area contributed by atoms with Crippen molar-refractivity contribution in [3.05, 3.63) is 52.1 Å². The van der Waals surface area contributed by atoms with Gasteiger partial charge in [0.2, 0.25) is 0 Å². The number of aryl methyl sites for hydroxylation is 1. The van der Waals surface area contributed by atoms with Crippen LogP contribution in [0, 0.1) is 6.92 Å². The van der Waals surface area contributed by atoms with Crippen LogP contribution >= 0.6 is 11.6 Å². The van der Waals surface area contributed by atoms with Gasteiger partial charge < -0.3 is 19.6 Å². The van der Waals surface area contributed by atoms with Crippen LogP contribution in [0.5, 0.6) is 5.75 Å². The largest absolute Gasteiger partial charge is 0.506 e. The number of esters is 1. The first-order valence-corrected chi connectivity index (χ1v) is 11.3. The SMILES string of the molecule is Cc1cc(O)c(Cl)c2c1C(=O)OCC/C=C/CC/C=C/C(=N\OCC(=O)N1CCCC1)C2. The summed E-state index contributed by atoms with van der Waals surface area (Å²) in [5.74, 6) is -0.719. The lowest BCUT2D eigenvalue weighted by molar-refractivity contribution is -0.135. The van der Waals surface area contributed by atoms with Gasteiger partial charge in [-0.15, -0.1) is 0 Å². The van der Waals surface area contributed by atoms with Crippen molar-refractivity contribution < 1.29 is 24.3 Å². The molecule has 2 aliphatic rings.